The Kier molecular flexibility index (Phi) is 4.09. The molecular weight excluding hydrogens is 386 g/mol. The van der Waals surface area contributed by atoms with Crippen molar-refractivity contribution in [1.29, 1.82) is 0 Å². The van der Waals surface area contributed by atoms with Gasteiger partial charge >= 0.3 is 0 Å². The molecular formula is C21H17N5O4. The zero-order valence-corrected chi connectivity index (χ0v) is 15.8. The van der Waals surface area contributed by atoms with Gasteiger partial charge in [-0.15, -0.1) is 0 Å². The Morgan fingerprint density at radius 1 is 1.13 bits per heavy atom. The first-order valence-electron chi connectivity index (χ1n) is 9.53. The molecule has 4 amide bonds. The van der Waals surface area contributed by atoms with Crippen LogP contribution in [0.1, 0.15) is 39.4 Å². The Bertz CT molecular complexity index is 1200. The number of imide groups is 1. The topological polar surface area (TPSA) is 124 Å². The van der Waals surface area contributed by atoms with E-state index in [4.69, 9.17) is 0 Å². The maximum Gasteiger partial charge on any atom is 0.291 e. The normalized spacial score (nSPS) is 18.5. The molecule has 1 unspecified atom stereocenters. The largest absolute Gasteiger partial charge is 0.334 e. The lowest BCUT2D eigenvalue weighted by molar-refractivity contribution is -0.136. The van der Waals surface area contributed by atoms with Crippen molar-refractivity contribution < 1.29 is 19.2 Å². The van der Waals surface area contributed by atoms with Gasteiger partial charge in [-0.1, -0.05) is 12.1 Å². The van der Waals surface area contributed by atoms with Crippen molar-refractivity contribution in [3.8, 4) is 0 Å². The summed E-state index contributed by atoms with van der Waals surface area (Å²) in [5.41, 5.74) is 3.19. The van der Waals surface area contributed by atoms with E-state index in [0.717, 1.165) is 5.52 Å². The maximum absolute atomic E-state index is 12.7. The van der Waals surface area contributed by atoms with E-state index in [1.54, 1.807) is 18.2 Å². The van der Waals surface area contributed by atoms with E-state index in [0.29, 0.717) is 28.8 Å². The number of aromatic amines is 1. The summed E-state index contributed by atoms with van der Waals surface area (Å²) in [7, 11) is 0. The number of nitrogens with one attached hydrogen (secondary N) is 3. The maximum atomic E-state index is 12.7. The van der Waals surface area contributed by atoms with E-state index in [2.05, 4.69) is 20.6 Å². The van der Waals surface area contributed by atoms with Crippen LogP contribution in [-0.2, 0) is 16.1 Å². The number of para-hydroxylation sites is 2. The van der Waals surface area contributed by atoms with Crippen molar-refractivity contribution in [2.45, 2.75) is 25.4 Å². The van der Waals surface area contributed by atoms with Crippen molar-refractivity contribution in [1.82, 2.24) is 20.2 Å². The first-order chi connectivity index (χ1) is 14.5. The van der Waals surface area contributed by atoms with Crippen LogP contribution in [0.2, 0.25) is 0 Å². The Morgan fingerprint density at radius 3 is 2.77 bits per heavy atom. The molecule has 1 aromatic heterocycles. The van der Waals surface area contributed by atoms with Crippen LogP contribution in [0.4, 0.5) is 5.69 Å². The van der Waals surface area contributed by atoms with Crippen molar-refractivity contribution in [2.75, 3.05) is 5.32 Å². The predicted octanol–water partition coefficient (Wildman–Crippen LogP) is 1.58. The van der Waals surface area contributed by atoms with Crippen LogP contribution in [0.25, 0.3) is 11.0 Å². The van der Waals surface area contributed by atoms with E-state index in [9.17, 15) is 19.2 Å². The SMILES string of the molecule is O=C1CCC(N2Cc3cc(NC(=O)c4nc5ccccc5[nH]4)ccc3C2=O)C(=O)N1. The molecule has 0 aliphatic carbocycles. The van der Waals surface area contributed by atoms with Crippen molar-refractivity contribution in [3.63, 3.8) is 0 Å². The summed E-state index contributed by atoms with van der Waals surface area (Å²) in [5, 5.41) is 5.07. The Labute approximate surface area is 170 Å². The van der Waals surface area contributed by atoms with Crippen LogP contribution < -0.4 is 10.6 Å². The highest BCUT2D eigenvalue weighted by Crippen LogP contribution is 2.29. The molecule has 3 N–H and O–H groups in total. The average molecular weight is 403 g/mol. The molecule has 9 nitrogen and oxygen atoms in total. The minimum absolute atomic E-state index is 0.193. The van der Waals surface area contributed by atoms with Gasteiger partial charge in [-0.25, -0.2) is 4.98 Å². The molecule has 1 atom stereocenters. The summed E-state index contributed by atoms with van der Waals surface area (Å²) in [6.45, 7) is 0.245. The molecule has 9 heteroatoms. The highest BCUT2D eigenvalue weighted by Gasteiger charge is 2.39. The van der Waals surface area contributed by atoms with Crippen LogP contribution in [-0.4, -0.2) is 44.5 Å². The Balaban J connectivity index is 1.34. The summed E-state index contributed by atoms with van der Waals surface area (Å²) in [6.07, 6.45) is 0.509. The number of hydrogen-bond donors (Lipinski definition) is 3. The zero-order chi connectivity index (χ0) is 20.8. The summed E-state index contributed by atoms with van der Waals surface area (Å²) in [6, 6.07) is 11.7. The minimum atomic E-state index is -0.670. The number of benzene rings is 2. The van der Waals surface area contributed by atoms with Crippen LogP contribution >= 0.6 is 0 Å². The molecule has 5 rings (SSSR count). The van der Waals surface area contributed by atoms with Gasteiger partial charge < -0.3 is 15.2 Å². The standard InChI is InChI=1S/C21H17N5O4/c27-17-8-7-16(19(28)25-17)26-10-11-9-12(5-6-13(11)21(26)30)22-20(29)18-23-14-3-1-2-4-15(14)24-18/h1-6,9,16H,7-8,10H2,(H,22,29)(H,23,24)(H,25,27,28). The van der Waals surface area contributed by atoms with Gasteiger partial charge in [0.1, 0.15) is 6.04 Å². The third kappa shape index (κ3) is 3.00. The molecule has 0 spiro atoms. The molecule has 30 heavy (non-hydrogen) atoms. The molecule has 0 saturated carbocycles. The molecule has 2 aromatic carbocycles. The van der Waals surface area contributed by atoms with Crippen molar-refractivity contribution in [2.24, 2.45) is 0 Å². The number of carbonyl (C=O) groups is 4. The van der Waals surface area contributed by atoms with Gasteiger partial charge in [-0.05, 0) is 42.3 Å². The summed E-state index contributed by atoms with van der Waals surface area (Å²) in [5.74, 6) is -1.23. The van der Waals surface area contributed by atoms with Crippen LogP contribution in [0, 0.1) is 0 Å². The number of imidazole rings is 1. The summed E-state index contributed by atoms with van der Waals surface area (Å²) < 4.78 is 0. The number of anilines is 1. The second-order valence-corrected chi connectivity index (χ2v) is 7.33. The fourth-order valence-electron chi connectivity index (χ4n) is 3.90. The van der Waals surface area contributed by atoms with Crippen molar-refractivity contribution in [3.05, 3.63) is 59.4 Å². The fraction of sp³-hybridized carbons (Fsp3) is 0.190. The van der Waals surface area contributed by atoms with E-state index in [1.807, 2.05) is 24.3 Å². The minimum Gasteiger partial charge on any atom is -0.334 e. The number of nitrogens with zero attached hydrogens (tertiary/aromatic N) is 2. The third-order valence-electron chi connectivity index (χ3n) is 5.39. The second kappa shape index (κ2) is 6.80. The highest BCUT2D eigenvalue weighted by atomic mass is 16.2. The fourth-order valence-corrected chi connectivity index (χ4v) is 3.90. The molecule has 0 radical (unpaired) electrons. The Morgan fingerprint density at radius 2 is 1.97 bits per heavy atom. The molecule has 150 valence electrons. The number of aromatic nitrogens is 2. The van der Waals surface area contributed by atoms with Crippen LogP contribution in [0.5, 0.6) is 0 Å². The van der Waals surface area contributed by atoms with Gasteiger partial charge in [0.25, 0.3) is 11.8 Å². The second-order valence-electron chi connectivity index (χ2n) is 7.33. The zero-order valence-electron chi connectivity index (χ0n) is 15.8. The van der Waals surface area contributed by atoms with E-state index >= 15 is 0 Å². The monoisotopic (exact) mass is 403 g/mol. The smallest absolute Gasteiger partial charge is 0.291 e. The summed E-state index contributed by atoms with van der Waals surface area (Å²) in [4.78, 5) is 57.5. The van der Waals surface area contributed by atoms with Crippen LogP contribution in [0.15, 0.2) is 42.5 Å². The van der Waals surface area contributed by atoms with E-state index in [-0.39, 0.29) is 30.6 Å². The first kappa shape index (κ1) is 18.0. The van der Waals surface area contributed by atoms with E-state index in [1.165, 1.54) is 4.90 Å². The van der Waals surface area contributed by atoms with E-state index < -0.39 is 17.9 Å². The van der Waals surface area contributed by atoms with Gasteiger partial charge in [0.05, 0.1) is 11.0 Å². The number of hydrogen-bond acceptors (Lipinski definition) is 5. The number of piperidine rings is 1. The van der Waals surface area contributed by atoms with Gasteiger partial charge in [0, 0.05) is 24.2 Å². The number of carbonyl (C=O) groups excluding carboxylic acids is 4. The lowest BCUT2D eigenvalue weighted by atomic mass is 10.0. The lowest BCUT2D eigenvalue weighted by Gasteiger charge is -2.29. The molecule has 0 bridgehead atoms. The molecule has 2 aliphatic rings. The van der Waals surface area contributed by atoms with Gasteiger partial charge in [0.15, 0.2) is 5.82 Å². The van der Waals surface area contributed by atoms with Crippen molar-refractivity contribution >= 4 is 40.3 Å². The highest BCUT2D eigenvalue weighted by molar-refractivity contribution is 6.06. The molecule has 3 heterocycles. The summed E-state index contributed by atoms with van der Waals surface area (Å²) >= 11 is 0. The van der Waals surface area contributed by atoms with Crippen LogP contribution in [0.3, 0.4) is 0 Å². The number of amides is 4. The molecule has 2 aliphatic heterocycles. The van der Waals surface area contributed by atoms with Gasteiger partial charge in [-0.3, -0.25) is 24.5 Å². The predicted molar refractivity (Wildman–Crippen MR) is 107 cm³/mol. The number of fused-ring (bicyclic) bond motifs is 2. The van der Waals surface area contributed by atoms with Gasteiger partial charge in [0.2, 0.25) is 11.8 Å². The number of H-pyrrole nitrogens is 1. The molecule has 3 aromatic rings. The Hall–Kier alpha value is -4.01. The lowest BCUT2D eigenvalue weighted by Crippen LogP contribution is -2.52. The quantitative estimate of drug-likeness (QED) is 0.573. The molecule has 1 fully saturated rings. The third-order valence-corrected chi connectivity index (χ3v) is 5.39. The van der Waals surface area contributed by atoms with Gasteiger partial charge in [-0.2, -0.15) is 0 Å². The average Bonchev–Trinajstić information content (AvgIpc) is 3.29. The first-order valence-corrected chi connectivity index (χ1v) is 9.53. The number of rotatable bonds is 3. The molecule has 1 saturated heterocycles.